The first kappa shape index (κ1) is 42.8. The van der Waals surface area contributed by atoms with Gasteiger partial charge in [-0.15, -0.1) is 0 Å². The molecule has 0 aromatic heterocycles. The van der Waals surface area contributed by atoms with E-state index in [1.54, 1.807) is 39.3 Å². The van der Waals surface area contributed by atoms with Gasteiger partial charge in [0.25, 0.3) is 16.1 Å². The Morgan fingerprint density at radius 1 is 0.951 bits per heavy atom. The maximum absolute atomic E-state index is 11.3. The number of nitrogens with zero attached hydrogens (tertiary/aromatic N) is 1. The molecule has 1 rings (SSSR count). The van der Waals surface area contributed by atoms with E-state index in [4.69, 9.17) is 9.84 Å². The number of hydrogen-bond acceptors (Lipinski definition) is 14. The topological polar surface area (TPSA) is 282 Å². The van der Waals surface area contributed by atoms with Gasteiger partial charge in [-0.2, -0.15) is 39.4 Å². The van der Waals surface area contributed by atoms with E-state index in [1.807, 2.05) is 18.9 Å². The van der Waals surface area contributed by atoms with Crippen molar-refractivity contribution in [2.24, 2.45) is 0 Å². The predicted octanol–water partition coefficient (Wildman–Crippen LogP) is -3.59. The smallest absolute Gasteiger partial charge is 0.422 e. The standard InChI is InChI=1S/C9H18N2O6S.C5H12N2O4S.C3H6N2O3S.CH4O/c1-5-16-7(12)6-10-18(14,15)11-8(13)17-9(2,3)4;1-3-11-5(8)4-7-12(9,10)6-2;1-5-3(6)2-4-9(5,7)8;1-2/h10H,5-6H2,1-4H3,(H,11,13);6-7H,3-4H2,1-2H3;4H,2H2,1H3;2H,1H3. The maximum atomic E-state index is 11.3. The Bertz CT molecular complexity index is 1150. The van der Waals surface area contributed by atoms with Crippen LogP contribution < -0.4 is 23.6 Å². The number of esters is 2. The van der Waals surface area contributed by atoms with E-state index in [0.717, 1.165) is 7.11 Å². The van der Waals surface area contributed by atoms with Crippen molar-refractivity contribution < 1.29 is 63.7 Å². The van der Waals surface area contributed by atoms with Crippen molar-refractivity contribution in [1.29, 1.82) is 0 Å². The highest BCUT2D eigenvalue weighted by molar-refractivity contribution is 7.88. The van der Waals surface area contributed by atoms with Gasteiger partial charge in [-0.3, -0.25) is 14.4 Å². The third-order valence-electron chi connectivity index (χ3n) is 3.43. The fraction of sp³-hybridized carbons (Fsp3) is 0.778. The molecule has 0 radical (unpaired) electrons. The average molecular weight is 661 g/mol. The molecule has 1 heterocycles. The zero-order valence-electron chi connectivity index (χ0n) is 24.0. The molecule has 0 saturated carbocycles. The Labute approximate surface area is 240 Å². The van der Waals surface area contributed by atoms with Crippen molar-refractivity contribution in [3.05, 3.63) is 0 Å². The summed E-state index contributed by atoms with van der Waals surface area (Å²) in [6, 6.07) is 0. The summed E-state index contributed by atoms with van der Waals surface area (Å²) in [7, 11) is -7.65. The van der Waals surface area contributed by atoms with Crippen LogP contribution in [-0.2, 0) is 59.2 Å². The van der Waals surface area contributed by atoms with Gasteiger partial charge in [0.05, 0.1) is 19.8 Å². The molecule has 20 nitrogen and oxygen atoms in total. The minimum absolute atomic E-state index is 0.112. The number of rotatable bonds is 10. The van der Waals surface area contributed by atoms with Crippen LogP contribution >= 0.6 is 0 Å². The summed E-state index contributed by atoms with van der Waals surface area (Å²) >= 11 is 0. The van der Waals surface area contributed by atoms with Gasteiger partial charge in [0, 0.05) is 21.2 Å². The Balaban J connectivity index is -0.000000542. The van der Waals surface area contributed by atoms with Gasteiger partial charge in [-0.1, -0.05) is 0 Å². The normalized spacial score (nSPS) is 14.1. The molecule has 1 aliphatic heterocycles. The molecular weight excluding hydrogens is 620 g/mol. The first-order valence-corrected chi connectivity index (χ1v) is 15.7. The summed E-state index contributed by atoms with van der Waals surface area (Å²) in [5, 5.41) is 7.00. The Morgan fingerprint density at radius 3 is 1.63 bits per heavy atom. The second-order valence-corrected chi connectivity index (χ2v) is 12.7. The molecule has 0 aliphatic carbocycles. The highest BCUT2D eigenvalue weighted by atomic mass is 32.2. The summed E-state index contributed by atoms with van der Waals surface area (Å²) in [4.78, 5) is 43.2. The fourth-order valence-corrected chi connectivity index (χ4v) is 3.67. The molecule has 1 aliphatic rings. The fourth-order valence-electron chi connectivity index (χ4n) is 1.74. The van der Waals surface area contributed by atoms with E-state index in [0.29, 0.717) is 4.31 Å². The van der Waals surface area contributed by atoms with Crippen molar-refractivity contribution in [1.82, 2.24) is 27.9 Å². The van der Waals surface area contributed by atoms with Crippen molar-refractivity contribution in [2.75, 3.05) is 54.1 Å². The second kappa shape index (κ2) is 20.2. The van der Waals surface area contributed by atoms with Crippen LogP contribution in [0.1, 0.15) is 34.6 Å². The second-order valence-electron chi connectivity index (χ2n) is 7.75. The highest BCUT2D eigenvalue weighted by Crippen LogP contribution is 2.06. The van der Waals surface area contributed by atoms with E-state index in [1.165, 1.54) is 14.1 Å². The molecule has 1 saturated heterocycles. The Morgan fingerprint density at radius 2 is 1.37 bits per heavy atom. The van der Waals surface area contributed by atoms with Crippen molar-refractivity contribution in [3.63, 3.8) is 0 Å². The van der Waals surface area contributed by atoms with Gasteiger partial charge in [0.2, 0.25) is 0 Å². The van der Waals surface area contributed by atoms with Crippen molar-refractivity contribution in [3.8, 4) is 0 Å². The molecule has 0 spiro atoms. The molecule has 0 bridgehead atoms. The number of carbonyl (C=O) groups excluding carboxylic acids is 4. The minimum atomic E-state index is -4.14. The molecule has 1 fully saturated rings. The molecule has 41 heavy (non-hydrogen) atoms. The van der Waals surface area contributed by atoms with Gasteiger partial charge in [0.1, 0.15) is 18.7 Å². The number of hydrogen-bond donors (Lipinski definition) is 6. The number of carbonyl (C=O) groups is 4. The SMILES string of the molecule is CCOC(=O)CNS(=O)(=O)NC.CCOC(=O)CNS(=O)(=O)NC(=O)OC(C)(C)C.CN1C(=O)CNS1(=O)=O.CO. The zero-order chi connectivity index (χ0) is 33.1. The lowest BCUT2D eigenvalue weighted by Gasteiger charge is -2.19. The van der Waals surface area contributed by atoms with Crippen LogP contribution in [0.15, 0.2) is 0 Å². The number of amides is 2. The zero-order valence-corrected chi connectivity index (χ0v) is 26.4. The van der Waals surface area contributed by atoms with E-state index in [2.05, 4.69) is 9.47 Å². The maximum Gasteiger partial charge on any atom is 0.422 e. The van der Waals surface area contributed by atoms with Crippen molar-refractivity contribution >= 4 is 54.6 Å². The van der Waals surface area contributed by atoms with E-state index < -0.39 is 66.7 Å². The van der Waals surface area contributed by atoms with Crippen LogP contribution in [0.3, 0.4) is 0 Å². The summed E-state index contributed by atoms with van der Waals surface area (Å²) in [6.45, 7) is 7.35. The first-order valence-electron chi connectivity index (χ1n) is 11.3. The number of likely N-dealkylation sites (N-methyl/N-ethyl adjacent to an activating group) is 1. The van der Waals surface area contributed by atoms with Gasteiger partial charge in [-0.25, -0.2) is 18.5 Å². The molecule has 0 aromatic rings. The quantitative estimate of drug-likeness (QED) is 0.0976. The van der Waals surface area contributed by atoms with Crippen LogP contribution in [0.2, 0.25) is 0 Å². The summed E-state index contributed by atoms with van der Waals surface area (Å²) in [5.41, 5.74) is -0.819. The molecule has 6 N–H and O–H groups in total. The molecule has 23 heteroatoms. The lowest BCUT2D eigenvalue weighted by molar-refractivity contribution is -0.142. The molecule has 0 unspecified atom stereocenters. The summed E-state index contributed by atoms with van der Waals surface area (Å²) < 4.78 is 89.0. The Kier molecular flexibility index (Phi) is 21.1. The Hall–Kier alpha value is -2.67. The molecule has 0 aromatic carbocycles. The van der Waals surface area contributed by atoms with Crippen LogP contribution in [0, 0.1) is 0 Å². The van der Waals surface area contributed by atoms with Crippen LogP contribution in [0.25, 0.3) is 0 Å². The molecule has 244 valence electrons. The van der Waals surface area contributed by atoms with E-state index >= 15 is 0 Å². The highest BCUT2D eigenvalue weighted by Gasteiger charge is 2.30. The number of nitrogens with one attached hydrogen (secondary N) is 5. The van der Waals surface area contributed by atoms with Gasteiger partial charge in [-0.05, 0) is 34.6 Å². The number of aliphatic hydroxyl groups excluding tert-OH is 1. The number of ether oxygens (including phenoxy) is 3. The van der Waals surface area contributed by atoms with E-state index in [-0.39, 0.29) is 26.3 Å². The third-order valence-corrected chi connectivity index (χ3v) is 6.88. The van der Waals surface area contributed by atoms with Crippen LogP contribution in [-0.4, -0.2) is 118 Å². The molecular formula is C18H40N6O14S3. The lowest BCUT2D eigenvalue weighted by Crippen LogP contribution is -2.44. The first-order chi connectivity index (χ1) is 18.6. The molecule has 0 atom stereocenters. The third kappa shape index (κ3) is 23.7. The minimum Gasteiger partial charge on any atom is -0.465 e. The van der Waals surface area contributed by atoms with Gasteiger partial charge in [0.15, 0.2) is 0 Å². The summed E-state index contributed by atoms with van der Waals surface area (Å²) in [5.74, 6) is -1.77. The molecule has 2 amide bonds. The van der Waals surface area contributed by atoms with Crippen molar-refractivity contribution in [2.45, 2.75) is 40.2 Å². The van der Waals surface area contributed by atoms with Gasteiger partial charge >= 0.3 is 38.5 Å². The van der Waals surface area contributed by atoms with Gasteiger partial charge < -0.3 is 19.3 Å². The lowest BCUT2D eigenvalue weighted by atomic mass is 10.2. The largest absolute Gasteiger partial charge is 0.465 e. The summed E-state index contributed by atoms with van der Waals surface area (Å²) in [6.07, 6.45) is -1.13. The monoisotopic (exact) mass is 660 g/mol. The van der Waals surface area contributed by atoms with E-state index in [9.17, 15) is 44.4 Å². The predicted molar refractivity (Wildman–Crippen MR) is 143 cm³/mol. The number of aliphatic hydroxyl groups is 1. The van der Waals surface area contributed by atoms with Crippen LogP contribution in [0.4, 0.5) is 4.79 Å². The average Bonchev–Trinajstić information content (AvgIpc) is 3.08. The van der Waals surface area contributed by atoms with Crippen LogP contribution in [0.5, 0.6) is 0 Å².